The summed E-state index contributed by atoms with van der Waals surface area (Å²) in [4.78, 5) is 2.67. The summed E-state index contributed by atoms with van der Waals surface area (Å²) < 4.78 is 14.8. The number of thiophene rings is 2. The number of nitrogens with zero attached hydrogens (tertiary/aromatic N) is 2. The first kappa shape index (κ1) is 33.3. The second kappa shape index (κ2) is 11.6. The van der Waals surface area contributed by atoms with Gasteiger partial charge in [0, 0.05) is 68.7 Å². The number of para-hydroxylation sites is 2. The maximum Gasteiger partial charge on any atom is 0.333 e. The molecule has 0 atom stereocenters. The van der Waals surface area contributed by atoms with Gasteiger partial charge in [-0.15, -0.1) is 22.7 Å². The van der Waals surface area contributed by atoms with Crippen LogP contribution in [0.1, 0.15) is 26.3 Å². The van der Waals surface area contributed by atoms with Gasteiger partial charge < -0.3 is 13.8 Å². The molecule has 2 aliphatic heterocycles. The molecule has 0 aliphatic carbocycles. The summed E-state index contributed by atoms with van der Waals surface area (Å²) in [5, 5.41) is 7.54. The van der Waals surface area contributed by atoms with E-state index in [9.17, 15) is 0 Å². The van der Waals surface area contributed by atoms with E-state index < -0.39 is 0 Å². The lowest BCUT2D eigenvalue weighted by molar-refractivity contribution is 0.590. The third-order valence-corrected chi connectivity index (χ3v) is 15.6. The van der Waals surface area contributed by atoms with Crippen molar-refractivity contribution in [3.8, 4) is 22.3 Å². The van der Waals surface area contributed by atoms with Gasteiger partial charge in [0.15, 0.2) is 5.58 Å². The molecule has 4 aromatic heterocycles. The largest absolute Gasteiger partial charge is 0.454 e. The van der Waals surface area contributed by atoms with Crippen molar-refractivity contribution in [1.82, 2.24) is 4.48 Å². The lowest BCUT2D eigenvalue weighted by atomic mass is 9.45. The molecule has 0 bridgehead atoms. The number of fused-ring (bicyclic) bond motifs is 16. The smallest absolute Gasteiger partial charge is 0.333 e. The molecule has 60 heavy (non-hydrogen) atoms. The van der Waals surface area contributed by atoms with Crippen LogP contribution in [0.3, 0.4) is 0 Å². The number of anilines is 3. The van der Waals surface area contributed by atoms with Gasteiger partial charge in [-0.05, 0) is 87.6 Å². The van der Waals surface area contributed by atoms with E-state index in [2.05, 4.69) is 188 Å². The van der Waals surface area contributed by atoms with Crippen LogP contribution in [0.2, 0.25) is 0 Å². The minimum Gasteiger partial charge on any atom is -0.454 e. The van der Waals surface area contributed by atoms with E-state index in [1.807, 2.05) is 22.7 Å². The molecule has 0 amide bonds. The molecule has 0 saturated heterocycles. The fourth-order valence-corrected chi connectivity index (χ4v) is 13.0. The van der Waals surface area contributed by atoms with Crippen LogP contribution in [-0.4, -0.2) is 11.3 Å². The maximum absolute atomic E-state index is 6.86. The Hall–Kier alpha value is -6.60. The molecular formula is C54H35BN2OS2. The van der Waals surface area contributed by atoms with E-state index in [1.165, 1.54) is 107 Å². The van der Waals surface area contributed by atoms with E-state index in [0.717, 1.165) is 21.9 Å². The first-order valence-electron chi connectivity index (χ1n) is 20.8. The van der Waals surface area contributed by atoms with Gasteiger partial charge in [0.1, 0.15) is 5.58 Å². The number of hydrogen-bond donors (Lipinski definition) is 0. The zero-order chi connectivity index (χ0) is 39.6. The van der Waals surface area contributed by atoms with E-state index in [0.29, 0.717) is 0 Å². The first-order chi connectivity index (χ1) is 29.4. The average molecular weight is 803 g/mol. The highest BCUT2D eigenvalue weighted by Gasteiger charge is 2.45. The Morgan fingerprint density at radius 3 is 2.05 bits per heavy atom. The molecule has 14 rings (SSSR count). The van der Waals surface area contributed by atoms with Gasteiger partial charge in [-0.2, -0.15) is 0 Å². The van der Waals surface area contributed by atoms with Crippen molar-refractivity contribution in [2.75, 3.05) is 4.90 Å². The highest BCUT2D eigenvalue weighted by molar-refractivity contribution is 7.27. The van der Waals surface area contributed by atoms with Crippen molar-refractivity contribution < 1.29 is 4.42 Å². The minimum absolute atomic E-state index is 0.0247. The van der Waals surface area contributed by atoms with Crippen LogP contribution in [0, 0.1) is 0 Å². The summed E-state index contributed by atoms with van der Waals surface area (Å²) >= 11 is 3.83. The van der Waals surface area contributed by atoms with E-state index in [-0.39, 0.29) is 12.3 Å². The van der Waals surface area contributed by atoms with Crippen molar-refractivity contribution in [3.63, 3.8) is 0 Å². The van der Waals surface area contributed by atoms with Crippen molar-refractivity contribution in [2.24, 2.45) is 0 Å². The van der Waals surface area contributed by atoms with Gasteiger partial charge >= 0.3 is 6.85 Å². The van der Waals surface area contributed by atoms with E-state index in [1.54, 1.807) is 0 Å². The second-order valence-corrected chi connectivity index (χ2v) is 19.7. The fourth-order valence-electron chi connectivity index (χ4n) is 10.6. The zero-order valence-corrected chi connectivity index (χ0v) is 34.8. The number of benzene rings is 8. The molecule has 6 heteroatoms. The first-order valence-corrected chi connectivity index (χ1v) is 22.4. The number of hydrogen-bond acceptors (Lipinski definition) is 4. The topological polar surface area (TPSA) is 21.3 Å². The fraction of sp³-hybridized carbons (Fsp3) is 0.0741. The van der Waals surface area contributed by atoms with Crippen LogP contribution in [0.25, 0.3) is 95.6 Å². The Bertz CT molecular complexity index is 3840. The molecule has 0 unspecified atom stereocenters. The lowest BCUT2D eigenvalue weighted by Gasteiger charge is -2.41. The monoisotopic (exact) mass is 802 g/mol. The number of furan rings is 1. The molecule has 0 N–H and O–H groups in total. The predicted octanol–water partition coefficient (Wildman–Crippen LogP) is 14.7. The average Bonchev–Trinajstić information content (AvgIpc) is 4.03. The molecule has 0 saturated carbocycles. The third kappa shape index (κ3) is 4.24. The van der Waals surface area contributed by atoms with Gasteiger partial charge in [0.25, 0.3) is 0 Å². The van der Waals surface area contributed by atoms with Gasteiger partial charge in [0.05, 0.1) is 21.6 Å². The van der Waals surface area contributed by atoms with Crippen molar-refractivity contribution in [2.45, 2.75) is 26.2 Å². The van der Waals surface area contributed by atoms with Gasteiger partial charge in [0.2, 0.25) is 0 Å². The molecule has 0 spiro atoms. The SMILES string of the molecule is CC(C)(C)c1ccc(N2c3cc4sc5ccccc5c4cc3B3c4c(cc5c(sc6ccccc65)c42)-c2cccc4c5oc6ccccc6c5n3c24)c(-c2ccccc2)c1. The number of aromatic nitrogens is 1. The van der Waals surface area contributed by atoms with Crippen LogP contribution in [0.5, 0.6) is 0 Å². The molecule has 282 valence electrons. The van der Waals surface area contributed by atoms with Crippen LogP contribution < -0.4 is 15.8 Å². The molecule has 8 aromatic carbocycles. The van der Waals surface area contributed by atoms with E-state index >= 15 is 0 Å². The summed E-state index contributed by atoms with van der Waals surface area (Å²) in [7, 11) is 0. The standard InChI is InChI=1S/C54H35BN2OS2/c1-54(2,3)31-24-25-42(37(26-31)30-14-5-4-6-15-30)56-43-29-47-38(32-16-8-11-22-45(32)59-47)28-41(43)55-48-39(27-40-33-17-9-12-23-46(33)60-53(40)51(48)56)34-19-13-20-36-49(34)57(55)50-35-18-7-10-21-44(35)58-52(36)50/h4-29H,1-3H3. The Balaban J connectivity index is 1.22. The lowest BCUT2D eigenvalue weighted by Crippen LogP contribution is -2.56. The van der Waals surface area contributed by atoms with Gasteiger partial charge in [-0.25, -0.2) is 0 Å². The Kier molecular flexibility index (Phi) is 6.41. The second-order valence-electron chi connectivity index (χ2n) is 17.6. The maximum atomic E-state index is 6.86. The van der Waals surface area contributed by atoms with Gasteiger partial charge in [-0.1, -0.05) is 124 Å². The summed E-state index contributed by atoms with van der Waals surface area (Å²) in [5.74, 6) is 0. The van der Waals surface area contributed by atoms with Crippen LogP contribution in [-0.2, 0) is 5.41 Å². The van der Waals surface area contributed by atoms with Crippen molar-refractivity contribution in [3.05, 3.63) is 163 Å². The van der Waals surface area contributed by atoms with Crippen LogP contribution in [0.15, 0.2) is 162 Å². The summed E-state index contributed by atoms with van der Waals surface area (Å²) in [6, 6.07) is 59.2. The summed E-state index contributed by atoms with van der Waals surface area (Å²) in [5.41, 5.74) is 16.9. The van der Waals surface area contributed by atoms with Crippen molar-refractivity contribution in [1.29, 1.82) is 0 Å². The predicted molar refractivity (Wildman–Crippen MR) is 260 cm³/mol. The van der Waals surface area contributed by atoms with Crippen molar-refractivity contribution >= 4 is 131 Å². The zero-order valence-electron chi connectivity index (χ0n) is 33.2. The highest BCUT2D eigenvalue weighted by atomic mass is 32.1. The summed E-state index contributed by atoms with van der Waals surface area (Å²) in [6.45, 7) is 6.85. The van der Waals surface area contributed by atoms with Crippen LogP contribution in [0.4, 0.5) is 17.1 Å². The molecular weight excluding hydrogens is 768 g/mol. The molecule has 0 fully saturated rings. The molecule has 6 heterocycles. The molecule has 0 radical (unpaired) electrons. The van der Waals surface area contributed by atoms with Crippen LogP contribution >= 0.6 is 22.7 Å². The Morgan fingerprint density at radius 2 is 1.23 bits per heavy atom. The van der Waals surface area contributed by atoms with Gasteiger partial charge in [-0.3, -0.25) is 0 Å². The minimum atomic E-state index is -0.108. The normalized spacial score (nSPS) is 13.5. The number of rotatable bonds is 2. The molecule has 2 aliphatic rings. The highest BCUT2D eigenvalue weighted by Crippen LogP contribution is 2.54. The third-order valence-electron chi connectivity index (χ3n) is 13.3. The van der Waals surface area contributed by atoms with E-state index in [4.69, 9.17) is 4.42 Å². The Labute approximate surface area is 354 Å². The summed E-state index contributed by atoms with van der Waals surface area (Å²) in [6.07, 6.45) is 0. The molecule has 12 aromatic rings. The molecule has 3 nitrogen and oxygen atoms in total. The quantitative estimate of drug-likeness (QED) is 0.162. The Morgan fingerprint density at radius 1 is 0.517 bits per heavy atom.